The van der Waals surface area contributed by atoms with Crippen molar-refractivity contribution >= 4 is 23.5 Å². The molecule has 14 heteroatoms. The van der Waals surface area contributed by atoms with E-state index in [9.17, 15) is 32.8 Å². The van der Waals surface area contributed by atoms with Crippen LogP contribution in [-0.4, -0.2) is 84.0 Å². The van der Waals surface area contributed by atoms with Crippen molar-refractivity contribution in [1.29, 1.82) is 5.26 Å². The van der Waals surface area contributed by atoms with Crippen molar-refractivity contribution in [3.63, 3.8) is 0 Å². The number of likely N-dealkylation sites (tertiary alicyclic amines) is 1. The summed E-state index contributed by atoms with van der Waals surface area (Å²) in [5.41, 5.74) is -0.550. The average Bonchev–Trinajstić information content (AvgIpc) is 3.67. The van der Waals surface area contributed by atoms with Crippen molar-refractivity contribution < 1.29 is 37.0 Å². The zero-order valence-electron chi connectivity index (χ0n) is 25.0. The highest BCUT2D eigenvalue weighted by Gasteiger charge is 2.53. The second kappa shape index (κ2) is 12.1. The van der Waals surface area contributed by atoms with E-state index in [0.29, 0.717) is 43.9 Å². The third-order valence-electron chi connectivity index (χ3n) is 9.33. The number of alkyl halides is 3. The van der Waals surface area contributed by atoms with Crippen LogP contribution in [0.4, 0.5) is 19.0 Å². The van der Waals surface area contributed by atoms with Gasteiger partial charge in [0.1, 0.15) is 17.9 Å². The lowest BCUT2D eigenvalue weighted by Crippen LogP contribution is -2.56. The lowest BCUT2D eigenvalue weighted by molar-refractivity contribution is -0.137. The van der Waals surface area contributed by atoms with Crippen LogP contribution in [0, 0.1) is 17.2 Å². The number of methoxy groups -OCH3 is 1. The van der Waals surface area contributed by atoms with E-state index in [-0.39, 0.29) is 42.4 Å². The number of ether oxygens (including phenoxy) is 2. The minimum absolute atomic E-state index is 0.0607. The molecule has 4 atom stereocenters. The van der Waals surface area contributed by atoms with Gasteiger partial charge in [0.05, 0.1) is 23.8 Å². The van der Waals surface area contributed by atoms with Crippen LogP contribution in [-0.2, 0) is 20.4 Å². The summed E-state index contributed by atoms with van der Waals surface area (Å²) in [4.78, 5) is 45.0. The van der Waals surface area contributed by atoms with Crippen molar-refractivity contribution in [2.75, 3.05) is 38.3 Å². The van der Waals surface area contributed by atoms with Crippen molar-refractivity contribution in [2.45, 2.75) is 75.4 Å². The molecule has 0 spiro atoms. The molecule has 0 unspecified atom stereocenters. The number of benzene rings is 1. The maximum absolute atomic E-state index is 14.3. The van der Waals surface area contributed by atoms with Gasteiger partial charge in [0.2, 0.25) is 0 Å². The molecule has 1 saturated carbocycles. The Labute approximate surface area is 258 Å². The van der Waals surface area contributed by atoms with Crippen molar-refractivity contribution in [1.82, 2.24) is 20.0 Å². The molecule has 2 aromatic rings. The van der Waals surface area contributed by atoms with Gasteiger partial charge in [0.15, 0.2) is 5.69 Å². The normalized spacial score (nSPS) is 25.6. The van der Waals surface area contributed by atoms with Crippen LogP contribution in [0.1, 0.15) is 83.0 Å². The molecule has 6 rings (SSSR count). The molecule has 11 nitrogen and oxygen atoms in total. The Kier molecular flexibility index (Phi) is 8.34. The van der Waals surface area contributed by atoms with Crippen LogP contribution >= 0.6 is 0 Å². The Morgan fingerprint density at radius 1 is 1.20 bits per heavy atom. The number of fused-ring (bicyclic) bond motifs is 1. The number of halogens is 3. The van der Waals surface area contributed by atoms with Crippen LogP contribution in [0.5, 0.6) is 0 Å². The monoisotopic (exact) mass is 628 g/mol. The number of aromatic nitrogens is 2. The molecule has 0 radical (unpaired) electrons. The predicted molar refractivity (Wildman–Crippen MR) is 153 cm³/mol. The maximum atomic E-state index is 14.3. The first-order chi connectivity index (χ1) is 21.6. The first-order valence-corrected chi connectivity index (χ1v) is 15.3. The Morgan fingerprint density at radius 2 is 1.93 bits per heavy atom. The molecule has 4 heterocycles. The van der Waals surface area contributed by atoms with E-state index in [4.69, 9.17) is 14.6 Å². The zero-order valence-corrected chi connectivity index (χ0v) is 25.0. The summed E-state index contributed by atoms with van der Waals surface area (Å²) in [5, 5.41) is 17.5. The van der Waals surface area contributed by atoms with E-state index < -0.39 is 47.5 Å². The summed E-state index contributed by atoms with van der Waals surface area (Å²) in [7, 11) is 1.53. The second-order valence-corrected chi connectivity index (χ2v) is 12.0. The fourth-order valence-corrected chi connectivity index (χ4v) is 6.88. The van der Waals surface area contributed by atoms with Gasteiger partial charge in [-0.2, -0.15) is 23.5 Å². The largest absolute Gasteiger partial charge is 0.416 e. The van der Waals surface area contributed by atoms with Gasteiger partial charge >= 0.3 is 6.18 Å². The van der Waals surface area contributed by atoms with Gasteiger partial charge in [0, 0.05) is 56.9 Å². The zero-order chi connectivity index (χ0) is 32.0. The molecule has 240 valence electrons. The van der Waals surface area contributed by atoms with Gasteiger partial charge in [-0.05, 0) is 56.7 Å². The summed E-state index contributed by atoms with van der Waals surface area (Å²) in [6.45, 7) is 3.17. The lowest BCUT2D eigenvalue weighted by Gasteiger charge is -2.39. The first-order valence-electron chi connectivity index (χ1n) is 15.3. The molecule has 3 fully saturated rings. The Hall–Kier alpha value is -3.96. The fraction of sp³-hybridized carbons (Fsp3) is 0.581. The predicted octanol–water partition coefficient (Wildman–Crippen LogP) is 3.67. The number of nitrogens with one attached hydrogen (secondary N) is 1. The molecule has 3 aliphatic heterocycles. The van der Waals surface area contributed by atoms with E-state index in [1.165, 1.54) is 23.0 Å². The highest BCUT2D eigenvalue weighted by atomic mass is 19.4. The van der Waals surface area contributed by atoms with E-state index in [1.807, 2.05) is 0 Å². The number of carbonyl (C=O) groups is 3. The molecular formula is C31H35F3N6O5. The van der Waals surface area contributed by atoms with Crippen molar-refractivity contribution in [3.8, 4) is 6.07 Å². The molecule has 2 saturated heterocycles. The second-order valence-electron chi connectivity index (χ2n) is 12.0. The van der Waals surface area contributed by atoms with Crippen LogP contribution in [0.15, 0.2) is 24.3 Å². The average molecular weight is 629 g/mol. The minimum Gasteiger partial charge on any atom is -0.381 e. The minimum atomic E-state index is -4.64. The number of carbonyl (C=O) groups excluding carboxylic acids is 3. The number of hydrogen-bond acceptors (Lipinski definition) is 7. The number of anilines is 1. The number of rotatable bonds is 7. The highest BCUT2D eigenvalue weighted by Crippen LogP contribution is 2.52. The molecule has 3 amide bonds. The highest BCUT2D eigenvalue weighted by molar-refractivity contribution is 6.07. The summed E-state index contributed by atoms with van der Waals surface area (Å²) in [6, 6.07) is 4.24. The molecule has 4 aliphatic rings. The number of nitriles is 1. The quantitative estimate of drug-likeness (QED) is 0.496. The van der Waals surface area contributed by atoms with Gasteiger partial charge in [-0.25, -0.2) is 4.68 Å². The van der Waals surface area contributed by atoms with E-state index in [1.54, 1.807) is 11.6 Å². The lowest BCUT2D eigenvalue weighted by atomic mass is 9.82. The Bertz CT molecular complexity index is 1530. The van der Waals surface area contributed by atoms with Gasteiger partial charge in [0.25, 0.3) is 17.7 Å². The van der Waals surface area contributed by atoms with Gasteiger partial charge in [-0.15, -0.1) is 0 Å². The van der Waals surface area contributed by atoms with Crippen LogP contribution in [0.25, 0.3) is 0 Å². The van der Waals surface area contributed by atoms with Crippen LogP contribution < -0.4 is 10.2 Å². The third-order valence-corrected chi connectivity index (χ3v) is 9.33. The number of likely N-dealkylation sites (N-methyl/N-ethyl adjacent to an activating group) is 1. The topological polar surface area (TPSA) is 130 Å². The summed E-state index contributed by atoms with van der Waals surface area (Å²) >= 11 is 0. The van der Waals surface area contributed by atoms with Crippen molar-refractivity contribution in [3.05, 3.63) is 46.6 Å². The fourth-order valence-electron chi connectivity index (χ4n) is 6.88. The summed E-state index contributed by atoms with van der Waals surface area (Å²) in [6.07, 6.45) is -1.89. The number of amides is 3. The van der Waals surface area contributed by atoms with Crippen LogP contribution in [0.3, 0.4) is 0 Å². The molecule has 0 bridgehead atoms. The van der Waals surface area contributed by atoms with Gasteiger partial charge in [-0.1, -0.05) is 6.07 Å². The van der Waals surface area contributed by atoms with Gasteiger partial charge < -0.3 is 19.7 Å². The molecule has 1 aromatic heterocycles. The smallest absolute Gasteiger partial charge is 0.381 e. The number of hydrogen-bond donors (Lipinski definition) is 1. The summed E-state index contributed by atoms with van der Waals surface area (Å²) < 4.78 is 53.0. The molecular weight excluding hydrogens is 593 g/mol. The standard InChI is InChI=1S/C31H35F3N6O5/c1-3-38-28-24(23(17-7-8-17)25(29(38)42)36-27(41)18-5-4-6-19(13-18)31(32,33)34)26(37-40(28)20-9-11-45-12-10-20)30(43)39-16-22(44-2)14-21(39)15-35/h4-6,13,17,20-23,25H,3,7-12,14,16H2,1-2H3,(H,36,41)/t21-,22+,23-,25-/m0/s1. The van der Waals surface area contributed by atoms with Gasteiger partial charge in [-0.3, -0.25) is 19.3 Å². The summed E-state index contributed by atoms with van der Waals surface area (Å²) in [5.74, 6) is -1.89. The third kappa shape index (κ3) is 5.68. The van der Waals surface area contributed by atoms with E-state index in [2.05, 4.69) is 11.4 Å². The molecule has 1 N–H and O–H groups in total. The molecule has 45 heavy (non-hydrogen) atoms. The number of nitrogens with zero attached hydrogens (tertiary/aromatic N) is 5. The van der Waals surface area contributed by atoms with E-state index >= 15 is 0 Å². The van der Waals surface area contributed by atoms with Crippen LogP contribution in [0.2, 0.25) is 0 Å². The Balaban J connectivity index is 1.45. The maximum Gasteiger partial charge on any atom is 0.416 e. The molecule has 1 aromatic carbocycles. The SMILES string of the molecule is CCN1C(=O)[C@@H](NC(=O)c2cccc(C(F)(F)F)c2)[C@@H](C2CC2)c2c(C(=O)N3C[C@H](OC)C[C@H]3C#N)nn(C3CCOCC3)c21. The van der Waals surface area contributed by atoms with Crippen molar-refractivity contribution in [2.24, 2.45) is 5.92 Å². The molecule has 1 aliphatic carbocycles. The first kappa shape index (κ1) is 31.0. The Morgan fingerprint density at radius 3 is 2.56 bits per heavy atom. The van der Waals surface area contributed by atoms with E-state index in [0.717, 1.165) is 31.0 Å².